The minimum Gasteiger partial charge on any atom is -0.495 e. The maximum absolute atomic E-state index is 12.3. The van der Waals surface area contributed by atoms with Crippen LogP contribution in [0.5, 0.6) is 11.5 Å². The first kappa shape index (κ1) is 19.3. The third kappa shape index (κ3) is 4.84. The first-order valence-electron chi connectivity index (χ1n) is 8.84. The van der Waals surface area contributed by atoms with Gasteiger partial charge in [0.1, 0.15) is 11.5 Å². The number of piperazine rings is 1. The smallest absolute Gasteiger partial charge is 0.238 e. The Bertz CT molecular complexity index is 792. The Kier molecular flexibility index (Phi) is 6.42. The number of hydrogen-bond donors (Lipinski definition) is 1. The molecule has 1 saturated heterocycles. The number of carbonyl (C=O) groups excluding carboxylic acids is 1. The number of nitrogens with one attached hydrogen (secondary N) is 1. The molecule has 1 aliphatic heterocycles. The highest BCUT2D eigenvalue weighted by atomic mass is 35.5. The van der Waals surface area contributed by atoms with Gasteiger partial charge >= 0.3 is 0 Å². The van der Waals surface area contributed by atoms with Crippen LogP contribution in [0.2, 0.25) is 5.02 Å². The molecule has 1 fully saturated rings. The summed E-state index contributed by atoms with van der Waals surface area (Å²) in [5, 5.41) is 3.36. The van der Waals surface area contributed by atoms with E-state index in [0.717, 1.165) is 37.6 Å². The molecule has 0 saturated carbocycles. The van der Waals surface area contributed by atoms with E-state index < -0.39 is 0 Å². The number of ether oxygens (including phenoxy) is 2. The van der Waals surface area contributed by atoms with Crippen molar-refractivity contribution < 1.29 is 14.3 Å². The number of halogens is 1. The zero-order valence-corrected chi connectivity index (χ0v) is 16.3. The van der Waals surface area contributed by atoms with Crippen LogP contribution in [0, 0.1) is 0 Å². The van der Waals surface area contributed by atoms with Crippen LogP contribution in [0.3, 0.4) is 0 Å². The lowest BCUT2D eigenvalue weighted by atomic mass is 10.2. The predicted octanol–water partition coefficient (Wildman–Crippen LogP) is 3.12. The first-order valence-corrected chi connectivity index (χ1v) is 9.22. The number of amides is 1. The van der Waals surface area contributed by atoms with E-state index in [0.29, 0.717) is 23.0 Å². The van der Waals surface area contributed by atoms with Crippen LogP contribution >= 0.6 is 11.6 Å². The third-order valence-electron chi connectivity index (χ3n) is 4.60. The van der Waals surface area contributed by atoms with Crippen molar-refractivity contribution in [2.24, 2.45) is 0 Å². The lowest BCUT2D eigenvalue weighted by Gasteiger charge is -2.36. The van der Waals surface area contributed by atoms with Crippen LogP contribution in [0.4, 0.5) is 11.4 Å². The highest BCUT2D eigenvalue weighted by Crippen LogP contribution is 2.29. The Balaban J connectivity index is 1.51. The average Bonchev–Trinajstić information content (AvgIpc) is 2.68. The van der Waals surface area contributed by atoms with Gasteiger partial charge in [0.25, 0.3) is 0 Å². The minimum absolute atomic E-state index is 0.0537. The lowest BCUT2D eigenvalue weighted by Crippen LogP contribution is -2.48. The van der Waals surface area contributed by atoms with Gasteiger partial charge in [-0.1, -0.05) is 23.7 Å². The van der Waals surface area contributed by atoms with Gasteiger partial charge in [-0.25, -0.2) is 0 Å². The van der Waals surface area contributed by atoms with E-state index in [1.165, 1.54) is 0 Å². The molecule has 27 heavy (non-hydrogen) atoms. The Morgan fingerprint density at radius 2 is 1.74 bits per heavy atom. The molecular weight excluding hydrogens is 366 g/mol. The number of anilines is 2. The number of benzene rings is 2. The SMILES string of the molecule is COc1ccc(NC(=O)CN2CCN(c3ccccc3OC)CC2)cc1Cl. The van der Waals surface area contributed by atoms with Crippen molar-refractivity contribution in [3.05, 3.63) is 47.5 Å². The van der Waals surface area contributed by atoms with Gasteiger partial charge < -0.3 is 19.7 Å². The molecule has 144 valence electrons. The molecule has 1 amide bonds. The fourth-order valence-corrected chi connectivity index (χ4v) is 3.44. The fraction of sp³-hybridized carbons (Fsp3) is 0.350. The number of methoxy groups -OCH3 is 2. The number of nitrogens with zero attached hydrogens (tertiary/aromatic N) is 2. The van der Waals surface area contributed by atoms with E-state index in [1.807, 2.05) is 18.2 Å². The molecule has 3 rings (SSSR count). The predicted molar refractivity (Wildman–Crippen MR) is 108 cm³/mol. The van der Waals surface area contributed by atoms with E-state index in [9.17, 15) is 4.79 Å². The summed E-state index contributed by atoms with van der Waals surface area (Å²) >= 11 is 6.10. The van der Waals surface area contributed by atoms with Crippen LogP contribution in [0.25, 0.3) is 0 Å². The van der Waals surface area contributed by atoms with Gasteiger partial charge in [-0.05, 0) is 30.3 Å². The summed E-state index contributed by atoms with van der Waals surface area (Å²) in [5.74, 6) is 1.41. The van der Waals surface area contributed by atoms with Crippen molar-refractivity contribution in [3.8, 4) is 11.5 Å². The van der Waals surface area contributed by atoms with Crippen LogP contribution in [-0.4, -0.2) is 57.8 Å². The second-order valence-electron chi connectivity index (χ2n) is 6.33. The average molecular weight is 390 g/mol. The highest BCUT2D eigenvalue weighted by molar-refractivity contribution is 6.32. The van der Waals surface area contributed by atoms with Crippen LogP contribution in [0.1, 0.15) is 0 Å². The van der Waals surface area contributed by atoms with Crippen molar-refractivity contribution in [2.75, 3.05) is 57.2 Å². The molecule has 1 heterocycles. The topological polar surface area (TPSA) is 54.0 Å². The quantitative estimate of drug-likeness (QED) is 0.822. The molecule has 0 aliphatic carbocycles. The Labute approximate surface area is 164 Å². The fourth-order valence-electron chi connectivity index (χ4n) is 3.19. The van der Waals surface area contributed by atoms with Gasteiger partial charge in [0.2, 0.25) is 5.91 Å². The van der Waals surface area contributed by atoms with Crippen molar-refractivity contribution in [3.63, 3.8) is 0 Å². The Hall–Kier alpha value is -2.44. The summed E-state index contributed by atoms with van der Waals surface area (Å²) < 4.78 is 10.6. The molecule has 0 unspecified atom stereocenters. The Morgan fingerprint density at radius 1 is 1.04 bits per heavy atom. The summed E-state index contributed by atoms with van der Waals surface area (Å²) in [5.41, 5.74) is 1.76. The third-order valence-corrected chi connectivity index (χ3v) is 4.90. The molecule has 0 spiro atoms. The maximum Gasteiger partial charge on any atom is 0.238 e. The molecule has 0 radical (unpaired) electrons. The van der Waals surface area contributed by atoms with Crippen LogP contribution < -0.4 is 19.7 Å². The molecule has 6 nitrogen and oxygen atoms in total. The monoisotopic (exact) mass is 389 g/mol. The molecule has 0 aromatic heterocycles. The second kappa shape index (κ2) is 8.97. The van der Waals surface area contributed by atoms with Crippen molar-refractivity contribution in [2.45, 2.75) is 0 Å². The maximum atomic E-state index is 12.3. The van der Waals surface area contributed by atoms with Crippen LogP contribution in [-0.2, 0) is 4.79 Å². The molecule has 2 aromatic rings. The van der Waals surface area contributed by atoms with Gasteiger partial charge in [0, 0.05) is 31.9 Å². The number of rotatable bonds is 6. The standard InChI is InChI=1S/C20H24ClN3O3/c1-26-18-8-7-15(13-16(18)21)22-20(25)14-23-9-11-24(12-10-23)17-5-3-4-6-19(17)27-2/h3-8,13H,9-12,14H2,1-2H3,(H,22,25). The molecule has 7 heteroatoms. The summed E-state index contributed by atoms with van der Waals surface area (Å²) in [6.07, 6.45) is 0. The van der Waals surface area contributed by atoms with Gasteiger partial charge in [-0.15, -0.1) is 0 Å². The van der Waals surface area contributed by atoms with E-state index in [1.54, 1.807) is 32.4 Å². The van der Waals surface area contributed by atoms with E-state index in [-0.39, 0.29) is 5.91 Å². The van der Waals surface area contributed by atoms with Crippen molar-refractivity contribution in [1.29, 1.82) is 0 Å². The van der Waals surface area contributed by atoms with E-state index in [4.69, 9.17) is 21.1 Å². The Morgan fingerprint density at radius 3 is 2.41 bits per heavy atom. The van der Waals surface area contributed by atoms with Gasteiger partial charge in [-0.3, -0.25) is 9.69 Å². The van der Waals surface area contributed by atoms with Gasteiger partial charge in [-0.2, -0.15) is 0 Å². The minimum atomic E-state index is -0.0537. The van der Waals surface area contributed by atoms with Crippen LogP contribution in [0.15, 0.2) is 42.5 Å². The van der Waals surface area contributed by atoms with E-state index >= 15 is 0 Å². The van der Waals surface area contributed by atoms with Crippen molar-refractivity contribution in [1.82, 2.24) is 4.90 Å². The molecule has 1 N–H and O–H groups in total. The highest BCUT2D eigenvalue weighted by Gasteiger charge is 2.21. The van der Waals surface area contributed by atoms with Gasteiger partial charge in [0.05, 0.1) is 31.5 Å². The van der Waals surface area contributed by atoms with E-state index in [2.05, 4.69) is 21.2 Å². The summed E-state index contributed by atoms with van der Waals surface area (Å²) in [6.45, 7) is 3.68. The second-order valence-corrected chi connectivity index (χ2v) is 6.74. The summed E-state index contributed by atoms with van der Waals surface area (Å²) in [7, 11) is 3.25. The molecule has 1 aliphatic rings. The lowest BCUT2D eigenvalue weighted by molar-refractivity contribution is -0.117. The first-order chi connectivity index (χ1) is 13.1. The summed E-state index contributed by atoms with van der Waals surface area (Å²) in [4.78, 5) is 16.8. The molecule has 0 bridgehead atoms. The molecular formula is C20H24ClN3O3. The normalized spacial score (nSPS) is 14.7. The summed E-state index contributed by atoms with van der Waals surface area (Å²) in [6, 6.07) is 13.2. The zero-order valence-electron chi connectivity index (χ0n) is 15.6. The molecule has 2 aromatic carbocycles. The number of hydrogen-bond acceptors (Lipinski definition) is 5. The number of para-hydroxylation sites is 2. The van der Waals surface area contributed by atoms with Crippen molar-refractivity contribution >= 4 is 28.9 Å². The molecule has 0 atom stereocenters. The zero-order chi connectivity index (χ0) is 19.2. The van der Waals surface area contributed by atoms with Gasteiger partial charge in [0.15, 0.2) is 0 Å². The number of carbonyl (C=O) groups is 1. The largest absolute Gasteiger partial charge is 0.495 e.